The van der Waals surface area contributed by atoms with E-state index in [1.54, 1.807) is 17.8 Å². The van der Waals surface area contributed by atoms with Gasteiger partial charge in [-0.3, -0.25) is 4.57 Å². The number of hydrogen-bond acceptors (Lipinski definition) is 4. The molecule has 0 saturated heterocycles. The molecule has 5 rings (SSSR count). The van der Waals surface area contributed by atoms with E-state index in [-0.39, 0.29) is 6.03 Å². The highest BCUT2D eigenvalue weighted by atomic mass is 35.5. The Bertz CT molecular complexity index is 1570. The number of nitrogens with one attached hydrogen (secondary N) is 2. The molecule has 40 heavy (non-hydrogen) atoms. The first-order valence-electron chi connectivity index (χ1n) is 13.0. The van der Waals surface area contributed by atoms with E-state index in [2.05, 4.69) is 64.2 Å². The minimum atomic E-state index is -0.455. The Morgan fingerprint density at radius 1 is 0.875 bits per heavy atom. The van der Waals surface area contributed by atoms with Crippen molar-refractivity contribution in [2.75, 3.05) is 5.32 Å². The molecule has 1 heterocycles. The molecule has 4 aromatic carbocycles. The number of amides is 2. The average Bonchev–Trinajstić information content (AvgIpc) is 3.39. The summed E-state index contributed by atoms with van der Waals surface area (Å²) in [5, 5.41) is 16.6. The van der Waals surface area contributed by atoms with Crippen LogP contribution in [0.15, 0.2) is 108 Å². The molecule has 0 aliphatic rings. The van der Waals surface area contributed by atoms with Crippen molar-refractivity contribution in [3.63, 3.8) is 0 Å². The third kappa shape index (κ3) is 6.92. The Labute approximate surface area is 243 Å². The van der Waals surface area contributed by atoms with Gasteiger partial charge in [-0.1, -0.05) is 108 Å². The number of carbonyl (C=O) groups excluding carboxylic acids is 1. The van der Waals surface area contributed by atoms with Crippen molar-refractivity contribution >= 4 is 35.1 Å². The number of benzene rings is 4. The van der Waals surface area contributed by atoms with E-state index in [0.29, 0.717) is 23.0 Å². The lowest BCUT2D eigenvalue weighted by molar-refractivity contribution is 0.247. The summed E-state index contributed by atoms with van der Waals surface area (Å²) in [5.41, 5.74) is 5.93. The molecule has 0 fully saturated rings. The first kappa shape index (κ1) is 27.5. The predicted octanol–water partition coefficient (Wildman–Crippen LogP) is 7.94. The van der Waals surface area contributed by atoms with Gasteiger partial charge >= 0.3 is 6.03 Å². The number of urea groups is 1. The number of hydrogen-bond donors (Lipinski definition) is 2. The summed E-state index contributed by atoms with van der Waals surface area (Å²) in [4.78, 5) is 13.3. The van der Waals surface area contributed by atoms with Gasteiger partial charge in [-0.15, -0.1) is 10.2 Å². The SMILES string of the molecule is Cc1ccc(-n2c(SCc3ccccc3)nnc2C(Cc2ccccc2)NC(=O)Nc2ccc(C)c(Cl)c2)cc1. The number of aryl methyl sites for hydroxylation is 2. The highest BCUT2D eigenvalue weighted by molar-refractivity contribution is 7.98. The zero-order chi connectivity index (χ0) is 27.9. The smallest absolute Gasteiger partial charge is 0.319 e. The number of aromatic nitrogens is 3. The second-order valence-electron chi connectivity index (χ2n) is 9.59. The summed E-state index contributed by atoms with van der Waals surface area (Å²) in [6.45, 7) is 3.98. The van der Waals surface area contributed by atoms with Crippen molar-refractivity contribution in [1.29, 1.82) is 0 Å². The van der Waals surface area contributed by atoms with Gasteiger partial charge in [-0.25, -0.2) is 4.79 Å². The van der Waals surface area contributed by atoms with Gasteiger partial charge in [0.25, 0.3) is 0 Å². The molecule has 0 radical (unpaired) electrons. The van der Waals surface area contributed by atoms with Crippen molar-refractivity contribution in [2.24, 2.45) is 0 Å². The van der Waals surface area contributed by atoms with E-state index in [1.165, 1.54) is 5.56 Å². The molecule has 5 aromatic rings. The Kier molecular flexibility index (Phi) is 8.84. The van der Waals surface area contributed by atoms with Crippen LogP contribution in [-0.2, 0) is 12.2 Å². The molecule has 8 heteroatoms. The summed E-state index contributed by atoms with van der Waals surface area (Å²) < 4.78 is 2.05. The molecule has 1 atom stereocenters. The van der Waals surface area contributed by atoms with Gasteiger partial charge in [0.2, 0.25) is 0 Å². The third-order valence-electron chi connectivity index (χ3n) is 6.49. The zero-order valence-electron chi connectivity index (χ0n) is 22.3. The average molecular weight is 568 g/mol. The fourth-order valence-corrected chi connectivity index (χ4v) is 5.41. The Hall–Kier alpha value is -4.07. The fraction of sp³-hybridized carbons (Fsp3) is 0.156. The lowest BCUT2D eigenvalue weighted by atomic mass is 10.1. The Balaban J connectivity index is 1.49. The van der Waals surface area contributed by atoms with Crippen molar-refractivity contribution in [2.45, 2.75) is 37.2 Å². The van der Waals surface area contributed by atoms with Crippen LogP contribution in [0.4, 0.5) is 10.5 Å². The van der Waals surface area contributed by atoms with Crippen LogP contribution in [0.1, 0.15) is 34.1 Å². The van der Waals surface area contributed by atoms with Crippen LogP contribution in [0.2, 0.25) is 5.02 Å². The van der Waals surface area contributed by atoms with Crippen LogP contribution < -0.4 is 10.6 Å². The fourth-order valence-electron chi connectivity index (χ4n) is 4.31. The van der Waals surface area contributed by atoms with Crippen LogP contribution in [-0.4, -0.2) is 20.8 Å². The highest BCUT2D eigenvalue weighted by Gasteiger charge is 2.25. The second kappa shape index (κ2) is 12.9. The van der Waals surface area contributed by atoms with Gasteiger partial charge in [0.1, 0.15) is 0 Å². The van der Waals surface area contributed by atoms with Gasteiger partial charge in [0, 0.05) is 28.6 Å². The molecule has 1 unspecified atom stereocenters. The van der Waals surface area contributed by atoms with Crippen LogP contribution in [0.25, 0.3) is 5.69 Å². The molecule has 202 valence electrons. The number of rotatable bonds is 9. The highest BCUT2D eigenvalue weighted by Crippen LogP contribution is 2.29. The quantitative estimate of drug-likeness (QED) is 0.177. The van der Waals surface area contributed by atoms with E-state index in [9.17, 15) is 4.79 Å². The number of carbonyl (C=O) groups is 1. The van der Waals surface area contributed by atoms with Crippen molar-refractivity contribution in [3.05, 3.63) is 136 Å². The largest absolute Gasteiger partial charge is 0.327 e. The van der Waals surface area contributed by atoms with Gasteiger partial charge < -0.3 is 10.6 Å². The van der Waals surface area contributed by atoms with E-state index in [1.807, 2.05) is 72.2 Å². The first-order valence-corrected chi connectivity index (χ1v) is 14.4. The maximum absolute atomic E-state index is 13.3. The lowest BCUT2D eigenvalue weighted by Gasteiger charge is -2.21. The molecule has 0 saturated carbocycles. The second-order valence-corrected chi connectivity index (χ2v) is 10.9. The number of thioether (sulfide) groups is 1. The minimum Gasteiger partial charge on any atom is -0.327 e. The lowest BCUT2D eigenvalue weighted by Crippen LogP contribution is -2.35. The summed E-state index contributed by atoms with van der Waals surface area (Å²) in [5.74, 6) is 1.40. The van der Waals surface area contributed by atoms with Crippen LogP contribution in [0.3, 0.4) is 0 Å². The van der Waals surface area contributed by atoms with Gasteiger partial charge in [0.15, 0.2) is 11.0 Å². The summed E-state index contributed by atoms with van der Waals surface area (Å²) in [7, 11) is 0. The van der Waals surface area contributed by atoms with Crippen molar-refractivity contribution < 1.29 is 4.79 Å². The molecular formula is C32H30ClN5OS. The topological polar surface area (TPSA) is 71.8 Å². The molecule has 0 bridgehead atoms. The van der Waals surface area contributed by atoms with Gasteiger partial charge in [-0.2, -0.15) is 0 Å². The Morgan fingerprint density at radius 3 is 2.23 bits per heavy atom. The molecule has 2 amide bonds. The number of anilines is 1. The van der Waals surface area contributed by atoms with Crippen molar-refractivity contribution in [3.8, 4) is 5.69 Å². The number of nitrogens with zero attached hydrogens (tertiary/aromatic N) is 3. The molecule has 6 nitrogen and oxygen atoms in total. The summed E-state index contributed by atoms with van der Waals surface area (Å²) in [6, 6.07) is 33.2. The standard InChI is InChI=1S/C32H30ClN5OS/c1-22-13-17-27(18-14-22)38-30(36-37-32(38)40-21-25-11-7-4-8-12-25)29(19-24-9-5-3-6-10-24)35-31(39)34-26-16-15-23(2)28(33)20-26/h3-18,20,29H,19,21H2,1-2H3,(H2,34,35,39). The predicted molar refractivity (Wildman–Crippen MR) is 163 cm³/mol. The number of halogens is 1. The normalized spacial score (nSPS) is 11.7. The maximum atomic E-state index is 13.3. The molecule has 1 aromatic heterocycles. The summed E-state index contributed by atoms with van der Waals surface area (Å²) >= 11 is 7.90. The van der Waals surface area contributed by atoms with E-state index >= 15 is 0 Å². The molecular weight excluding hydrogens is 538 g/mol. The van der Waals surface area contributed by atoms with E-state index < -0.39 is 6.04 Å². The minimum absolute atomic E-state index is 0.349. The van der Waals surface area contributed by atoms with Crippen molar-refractivity contribution in [1.82, 2.24) is 20.1 Å². The monoisotopic (exact) mass is 567 g/mol. The molecule has 0 spiro atoms. The van der Waals surface area contributed by atoms with Gasteiger partial charge in [0.05, 0.1) is 6.04 Å². The first-order chi connectivity index (χ1) is 19.5. The summed E-state index contributed by atoms with van der Waals surface area (Å²) in [6.07, 6.45) is 0.538. The van der Waals surface area contributed by atoms with Crippen LogP contribution >= 0.6 is 23.4 Å². The van der Waals surface area contributed by atoms with Crippen LogP contribution in [0.5, 0.6) is 0 Å². The van der Waals surface area contributed by atoms with E-state index in [4.69, 9.17) is 11.6 Å². The maximum Gasteiger partial charge on any atom is 0.319 e. The van der Waals surface area contributed by atoms with Gasteiger partial charge in [-0.05, 0) is 54.8 Å². The van der Waals surface area contributed by atoms with E-state index in [0.717, 1.165) is 33.3 Å². The molecule has 0 aliphatic heterocycles. The molecule has 0 aliphatic carbocycles. The zero-order valence-corrected chi connectivity index (χ0v) is 23.9. The Morgan fingerprint density at radius 2 is 1.55 bits per heavy atom. The third-order valence-corrected chi connectivity index (χ3v) is 7.90. The van der Waals surface area contributed by atoms with Crippen LogP contribution in [0, 0.1) is 13.8 Å². The molecule has 2 N–H and O–H groups in total.